The second-order valence-corrected chi connectivity index (χ2v) is 6.74. The topological polar surface area (TPSA) is 97.4 Å². The number of amides is 2. The lowest BCUT2D eigenvalue weighted by Crippen LogP contribution is -2.18. The summed E-state index contributed by atoms with van der Waals surface area (Å²) in [7, 11) is 0. The molecule has 0 saturated carbocycles. The van der Waals surface area contributed by atoms with Crippen molar-refractivity contribution in [2.45, 2.75) is 34.2 Å². The summed E-state index contributed by atoms with van der Waals surface area (Å²) in [5.74, 6) is 2.16. The van der Waals surface area contributed by atoms with Gasteiger partial charge in [-0.25, -0.2) is 4.98 Å². The molecule has 0 aliphatic rings. The van der Waals surface area contributed by atoms with Crippen LogP contribution >= 0.6 is 11.3 Å². The van der Waals surface area contributed by atoms with Crippen molar-refractivity contribution in [3.05, 3.63) is 45.9 Å². The highest BCUT2D eigenvalue weighted by Gasteiger charge is 2.20. The van der Waals surface area contributed by atoms with Crippen LogP contribution in [0.3, 0.4) is 0 Å². The number of hydrogen-bond donors (Lipinski definition) is 2. The highest BCUT2D eigenvalue weighted by molar-refractivity contribution is 7.14. The van der Waals surface area contributed by atoms with Crippen molar-refractivity contribution in [1.82, 2.24) is 10.3 Å². The molecule has 3 aromatic rings. The third-order valence-corrected chi connectivity index (χ3v) is 4.70. The Balaban J connectivity index is 1.72. The first-order valence-corrected chi connectivity index (χ1v) is 8.90. The number of carbonyl (C=O) groups excluding carboxylic acids is 2. The van der Waals surface area contributed by atoms with Gasteiger partial charge < -0.3 is 14.2 Å². The maximum absolute atomic E-state index is 12.5. The van der Waals surface area contributed by atoms with E-state index in [1.807, 2.05) is 13.8 Å². The maximum Gasteiger partial charge on any atom is 0.261 e. The molecule has 0 unspecified atom stereocenters. The van der Waals surface area contributed by atoms with Crippen molar-refractivity contribution in [3.8, 4) is 11.5 Å². The molecular formula is C18H19N3O4S. The summed E-state index contributed by atoms with van der Waals surface area (Å²) in [5.41, 5.74) is 1.98. The number of aromatic nitrogens is 1. The SMILES string of the molecule is CC(=O)NCc1ccc(-c2csc(NC(=O)c3c(C)oc(C)c3C)n2)o1. The van der Waals surface area contributed by atoms with Gasteiger partial charge >= 0.3 is 0 Å². The Hall–Kier alpha value is -2.87. The molecule has 2 amide bonds. The smallest absolute Gasteiger partial charge is 0.261 e. The third kappa shape index (κ3) is 3.70. The van der Waals surface area contributed by atoms with Crippen LogP contribution in [-0.2, 0) is 11.3 Å². The van der Waals surface area contributed by atoms with Crippen LogP contribution in [-0.4, -0.2) is 16.8 Å². The Labute approximate surface area is 154 Å². The van der Waals surface area contributed by atoms with Gasteiger partial charge in [0.25, 0.3) is 5.91 Å². The minimum absolute atomic E-state index is 0.123. The number of thiazole rings is 1. The lowest BCUT2D eigenvalue weighted by molar-refractivity contribution is -0.119. The molecule has 3 rings (SSSR count). The Morgan fingerprint density at radius 2 is 1.92 bits per heavy atom. The average molecular weight is 373 g/mol. The molecule has 136 valence electrons. The zero-order valence-electron chi connectivity index (χ0n) is 14.9. The molecule has 26 heavy (non-hydrogen) atoms. The van der Waals surface area contributed by atoms with Gasteiger partial charge in [0.1, 0.15) is 23.0 Å². The quantitative estimate of drug-likeness (QED) is 0.709. The van der Waals surface area contributed by atoms with Gasteiger partial charge in [-0.1, -0.05) is 0 Å². The van der Waals surface area contributed by atoms with Crippen LogP contribution in [0.5, 0.6) is 0 Å². The summed E-state index contributed by atoms with van der Waals surface area (Å²) in [4.78, 5) is 27.9. The minimum Gasteiger partial charge on any atom is -0.466 e. The lowest BCUT2D eigenvalue weighted by Gasteiger charge is -2.01. The van der Waals surface area contributed by atoms with Crippen LogP contribution < -0.4 is 10.6 Å². The highest BCUT2D eigenvalue weighted by Crippen LogP contribution is 2.28. The Morgan fingerprint density at radius 3 is 2.58 bits per heavy atom. The molecule has 7 nitrogen and oxygen atoms in total. The zero-order chi connectivity index (χ0) is 18.8. The predicted molar refractivity (Wildman–Crippen MR) is 98.2 cm³/mol. The van der Waals surface area contributed by atoms with E-state index in [4.69, 9.17) is 8.83 Å². The van der Waals surface area contributed by atoms with E-state index in [9.17, 15) is 9.59 Å². The molecule has 0 saturated heterocycles. The molecule has 0 aromatic carbocycles. The van der Waals surface area contributed by atoms with Crippen molar-refractivity contribution in [2.24, 2.45) is 0 Å². The molecule has 0 fully saturated rings. The van der Waals surface area contributed by atoms with Crippen LogP contribution in [0.2, 0.25) is 0 Å². The summed E-state index contributed by atoms with van der Waals surface area (Å²) in [6, 6.07) is 3.56. The van der Waals surface area contributed by atoms with Crippen LogP contribution in [0, 0.1) is 20.8 Å². The number of hydrogen-bond acceptors (Lipinski definition) is 6. The van der Waals surface area contributed by atoms with Crippen molar-refractivity contribution in [3.63, 3.8) is 0 Å². The van der Waals surface area contributed by atoms with E-state index in [1.54, 1.807) is 24.4 Å². The molecule has 0 spiro atoms. The summed E-state index contributed by atoms with van der Waals surface area (Å²) in [6.45, 7) is 7.22. The lowest BCUT2D eigenvalue weighted by atomic mass is 10.1. The van der Waals surface area contributed by atoms with Gasteiger partial charge in [-0.15, -0.1) is 11.3 Å². The number of anilines is 1. The van der Waals surface area contributed by atoms with Crippen LogP contribution in [0.4, 0.5) is 5.13 Å². The van der Waals surface area contributed by atoms with Crippen molar-refractivity contribution < 1.29 is 18.4 Å². The Bertz CT molecular complexity index is 967. The first kappa shape index (κ1) is 17.9. The van der Waals surface area contributed by atoms with E-state index in [0.717, 1.165) is 11.3 Å². The maximum atomic E-state index is 12.5. The minimum atomic E-state index is -0.247. The molecule has 3 aromatic heterocycles. The number of furan rings is 2. The van der Waals surface area contributed by atoms with Crippen molar-refractivity contribution >= 4 is 28.3 Å². The fourth-order valence-corrected chi connectivity index (χ4v) is 3.25. The summed E-state index contributed by atoms with van der Waals surface area (Å²) in [6.07, 6.45) is 0. The van der Waals surface area contributed by atoms with Gasteiger partial charge in [-0.2, -0.15) is 0 Å². The second kappa shape index (κ2) is 7.17. The summed E-state index contributed by atoms with van der Waals surface area (Å²) < 4.78 is 11.2. The Morgan fingerprint density at radius 1 is 1.15 bits per heavy atom. The van der Waals surface area contributed by atoms with Gasteiger partial charge in [0, 0.05) is 17.9 Å². The third-order valence-electron chi connectivity index (χ3n) is 3.94. The fraction of sp³-hybridized carbons (Fsp3) is 0.278. The van der Waals surface area contributed by atoms with Crippen LogP contribution in [0.25, 0.3) is 11.5 Å². The van der Waals surface area contributed by atoms with Gasteiger partial charge in [-0.05, 0) is 32.9 Å². The predicted octanol–water partition coefficient (Wildman–Crippen LogP) is 3.81. The van der Waals surface area contributed by atoms with E-state index >= 15 is 0 Å². The van der Waals surface area contributed by atoms with Gasteiger partial charge in [0.05, 0.1) is 12.1 Å². The van der Waals surface area contributed by atoms with E-state index in [1.165, 1.54) is 18.3 Å². The molecule has 0 aliphatic carbocycles. The molecular weight excluding hydrogens is 354 g/mol. The molecule has 0 bridgehead atoms. The number of nitrogens with zero attached hydrogens (tertiary/aromatic N) is 1. The summed E-state index contributed by atoms with van der Waals surface area (Å²) in [5, 5.41) is 7.75. The highest BCUT2D eigenvalue weighted by atomic mass is 32.1. The second-order valence-electron chi connectivity index (χ2n) is 5.88. The monoisotopic (exact) mass is 373 g/mol. The van der Waals surface area contributed by atoms with Gasteiger partial charge in [0.15, 0.2) is 10.9 Å². The first-order chi connectivity index (χ1) is 12.3. The largest absolute Gasteiger partial charge is 0.466 e. The number of aryl methyl sites for hydroxylation is 2. The fourth-order valence-electron chi connectivity index (χ4n) is 2.55. The van der Waals surface area contributed by atoms with Crippen LogP contribution in [0.1, 0.15) is 40.1 Å². The average Bonchev–Trinajstić information content (AvgIpc) is 3.26. The van der Waals surface area contributed by atoms with Crippen molar-refractivity contribution in [2.75, 3.05) is 5.32 Å². The van der Waals surface area contributed by atoms with E-state index in [-0.39, 0.29) is 11.8 Å². The van der Waals surface area contributed by atoms with Crippen LogP contribution in [0.15, 0.2) is 26.3 Å². The number of carbonyl (C=O) groups is 2. The Kier molecular flexibility index (Phi) is 4.94. The van der Waals surface area contributed by atoms with Gasteiger partial charge in [0.2, 0.25) is 5.91 Å². The normalized spacial score (nSPS) is 10.8. The standard InChI is InChI=1S/C18H19N3O4S/c1-9-10(2)24-11(3)16(9)17(23)21-18-20-14(8-26-18)15-6-5-13(25-15)7-19-12(4)22/h5-6,8H,7H2,1-4H3,(H,19,22)(H,20,21,23). The molecule has 0 aliphatic heterocycles. The molecule has 0 radical (unpaired) electrons. The van der Waals surface area contributed by atoms with Crippen molar-refractivity contribution in [1.29, 1.82) is 0 Å². The van der Waals surface area contributed by atoms with E-state index in [2.05, 4.69) is 15.6 Å². The molecule has 2 N–H and O–H groups in total. The van der Waals surface area contributed by atoms with Gasteiger partial charge in [-0.3, -0.25) is 14.9 Å². The number of nitrogens with one attached hydrogen (secondary N) is 2. The van der Waals surface area contributed by atoms with E-state index in [0.29, 0.717) is 40.2 Å². The first-order valence-electron chi connectivity index (χ1n) is 8.02. The molecule has 3 heterocycles. The van der Waals surface area contributed by atoms with E-state index < -0.39 is 0 Å². The summed E-state index contributed by atoms with van der Waals surface area (Å²) >= 11 is 1.31. The zero-order valence-corrected chi connectivity index (χ0v) is 15.7. The number of rotatable bonds is 5. The molecule has 8 heteroatoms. The molecule has 0 atom stereocenters.